The number of rotatable bonds is 4. The van der Waals surface area contributed by atoms with E-state index in [4.69, 9.17) is 4.74 Å². The quantitative estimate of drug-likeness (QED) is 0.830. The van der Waals surface area contributed by atoms with Gasteiger partial charge in [-0.2, -0.15) is 0 Å². The first-order chi connectivity index (χ1) is 9.12. The van der Waals surface area contributed by atoms with Crippen LogP contribution in [0.3, 0.4) is 0 Å². The summed E-state index contributed by atoms with van der Waals surface area (Å²) in [4.78, 5) is 6.95. The van der Waals surface area contributed by atoms with Gasteiger partial charge in [-0.05, 0) is 29.2 Å². The molecule has 3 rings (SSSR count). The summed E-state index contributed by atoms with van der Waals surface area (Å²) in [5.41, 5.74) is 4.22. The zero-order valence-corrected chi connectivity index (χ0v) is 11.9. The zero-order chi connectivity index (χ0) is 13.5. The van der Waals surface area contributed by atoms with E-state index in [2.05, 4.69) is 36.4 Å². The van der Waals surface area contributed by atoms with E-state index in [1.54, 1.807) is 0 Å². The third-order valence-electron chi connectivity index (χ3n) is 4.20. The first-order valence-corrected chi connectivity index (χ1v) is 7.03. The molecule has 3 nitrogen and oxygen atoms in total. The normalized spacial score (nSPS) is 21.2. The molecule has 0 unspecified atom stereocenters. The molecule has 3 heteroatoms. The molecule has 0 atom stereocenters. The number of ether oxygens (including phenoxy) is 1. The summed E-state index contributed by atoms with van der Waals surface area (Å²) in [6, 6.07) is 2.18. The van der Waals surface area contributed by atoms with Crippen molar-refractivity contribution in [2.24, 2.45) is 5.41 Å². The van der Waals surface area contributed by atoms with E-state index in [9.17, 15) is 0 Å². The van der Waals surface area contributed by atoms with Gasteiger partial charge < -0.3 is 4.74 Å². The highest BCUT2D eigenvalue weighted by molar-refractivity contribution is 5.45. The predicted octanol–water partition coefficient (Wildman–Crippen LogP) is 2.68. The van der Waals surface area contributed by atoms with E-state index in [0.717, 1.165) is 25.5 Å². The Balaban J connectivity index is 1.71. The molecule has 0 amide bonds. The van der Waals surface area contributed by atoms with Crippen molar-refractivity contribution in [2.75, 3.05) is 26.3 Å². The van der Waals surface area contributed by atoms with E-state index < -0.39 is 0 Å². The maximum atomic E-state index is 5.32. The fourth-order valence-electron chi connectivity index (χ4n) is 3.13. The molecular weight excluding hydrogens is 236 g/mol. The van der Waals surface area contributed by atoms with E-state index in [1.165, 1.54) is 24.2 Å². The molecule has 0 N–H and O–H groups in total. The number of hydrogen-bond donors (Lipinski definition) is 0. The van der Waals surface area contributed by atoms with Crippen LogP contribution < -0.4 is 0 Å². The van der Waals surface area contributed by atoms with Gasteiger partial charge in [0.15, 0.2) is 0 Å². The average molecular weight is 258 g/mol. The van der Waals surface area contributed by atoms with Gasteiger partial charge in [-0.25, -0.2) is 0 Å². The van der Waals surface area contributed by atoms with Crippen molar-refractivity contribution in [3.63, 3.8) is 0 Å². The minimum Gasteiger partial charge on any atom is -0.380 e. The van der Waals surface area contributed by atoms with Gasteiger partial charge in [-0.3, -0.25) is 9.88 Å². The zero-order valence-electron chi connectivity index (χ0n) is 11.9. The molecule has 3 heterocycles. The lowest BCUT2D eigenvalue weighted by Crippen LogP contribution is -2.65. The van der Waals surface area contributed by atoms with Crippen molar-refractivity contribution in [2.45, 2.75) is 26.3 Å². The number of pyridine rings is 1. The van der Waals surface area contributed by atoms with Crippen LogP contribution in [0.1, 0.15) is 36.6 Å². The van der Waals surface area contributed by atoms with Gasteiger partial charge >= 0.3 is 0 Å². The molecule has 1 aromatic heterocycles. The van der Waals surface area contributed by atoms with Crippen molar-refractivity contribution in [1.82, 2.24) is 9.88 Å². The molecule has 0 aliphatic carbocycles. The second-order valence-electron chi connectivity index (χ2n) is 6.30. The van der Waals surface area contributed by atoms with Crippen LogP contribution in [-0.2, 0) is 11.3 Å². The van der Waals surface area contributed by atoms with E-state index in [1.807, 2.05) is 12.3 Å². The number of hydrogen-bond acceptors (Lipinski definition) is 3. The van der Waals surface area contributed by atoms with E-state index in [-0.39, 0.29) is 0 Å². The van der Waals surface area contributed by atoms with Crippen LogP contribution in [0.25, 0.3) is 6.08 Å². The predicted molar refractivity (Wildman–Crippen MR) is 76.9 cm³/mol. The van der Waals surface area contributed by atoms with Gasteiger partial charge in [0, 0.05) is 31.2 Å². The Hall–Kier alpha value is -1.19. The van der Waals surface area contributed by atoms with Crippen molar-refractivity contribution >= 4 is 6.08 Å². The van der Waals surface area contributed by atoms with Crippen LogP contribution in [0.4, 0.5) is 0 Å². The first-order valence-electron chi connectivity index (χ1n) is 7.03. The summed E-state index contributed by atoms with van der Waals surface area (Å²) in [5.74, 6) is 0.527. The summed E-state index contributed by atoms with van der Waals surface area (Å²) < 4.78 is 5.32. The Labute approximate surface area is 115 Å². The van der Waals surface area contributed by atoms with Crippen LogP contribution >= 0.6 is 0 Å². The summed E-state index contributed by atoms with van der Waals surface area (Å²) in [7, 11) is 0. The SMILES string of the molecule is C=Cc1cc(C(C)C)c(CN2CC3(COC3)C2)cn1. The summed E-state index contributed by atoms with van der Waals surface area (Å²) >= 11 is 0. The highest BCUT2D eigenvalue weighted by Crippen LogP contribution is 2.38. The summed E-state index contributed by atoms with van der Waals surface area (Å²) in [6.45, 7) is 13.5. The Morgan fingerprint density at radius 2 is 2.21 bits per heavy atom. The highest BCUT2D eigenvalue weighted by Gasteiger charge is 2.48. The van der Waals surface area contributed by atoms with Crippen molar-refractivity contribution in [1.29, 1.82) is 0 Å². The molecule has 0 saturated carbocycles. The highest BCUT2D eigenvalue weighted by atomic mass is 16.5. The van der Waals surface area contributed by atoms with E-state index in [0.29, 0.717) is 11.3 Å². The number of aromatic nitrogens is 1. The molecular formula is C16H22N2O. The van der Waals surface area contributed by atoms with Crippen LogP contribution in [0.15, 0.2) is 18.8 Å². The average Bonchev–Trinajstić information content (AvgIpc) is 2.30. The van der Waals surface area contributed by atoms with Crippen LogP contribution in [-0.4, -0.2) is 36.2 Å². The van der Waals surface area contributed by atoms with Gasteiger partial charge in [0.1, 0.15) is 0 Å². The molecule has 1 aromatic rings. The molecule has 19 heavy (non-hydrogen) atoms. The Morgan fingerprint density at radius 3 is 2.74 bits per heavy atom. The molecule has 0 radical (unpaired) electrons. The maximum absolute atomic E-state index is 5.32. The number of nitrogens with zero attached hydrogens (tertiary/aromatic N) is 2. The molecule has 0 aromatic carbocycles. The standard InChI is InChI=1S/C16H22N2O/c1-4-14-5-15(12(2)3)13(6-17-14)7-18-8-16(9-18)10-19-11-16/h4-6,12H,1,7-11H2,2-3H3. The fourth-order valence-corrected chi connectivity index (χ4v) is 3.13. The molecule has 2 saturated heterocycles. The monoisotopic (exact) mass is 258 g/mol. The Kier molecular flexibility index (Phi) is 3.19. The Bertz CT molecular complexity index is 484. The molecule has 2 aliphatic rings. The van der Waals surface area contributed by atoms with Gasteiger partial charge in [0.2, 0.25) is 0 Å². The minimum atomic E-state index is 0.493. The molecule has 2 fully saturated rings. The smallest absolute Gasteiger partial charge is 0.0626 e. The summed E-state index contributed by atoms with van der Waals surface area (Å²) in [6.07, 6.45) is 3.84. The van der Waals surface area contributed by atoms with Crippen LogP contribution in [0.5, 0.6) is 0 Å². The minimum absolute atomic E-state index is 0.493. The second kappa shape index (κ2) is 4.73. The lowest BCUT2D eigenvalue weighted by atomic mass is 9.77. The lowest BCUT2D eigenvalue weighted by Gasteiger charge is -2.55. The van der Waals surface area contributed by atoms with Crippen molar-refractivity contribution in [3.8, 4) is 0 Å². The van der Waals surface area contributed by atoms with Gasteiger partial charge in [0.25, 0.3) is 0 Å². The van der Waals surface area contributed by atoms with Crippen molar-refractivity contribution in [3.05, 3.63) is 35.7 Å². The second-order valence-corrected chi connectivity index (χ2v) is 6.30. The third kappa shape index (κ3) is 2.33. The van der Waals surface area contributed by atoms with E-state index >= 15 is 0 Å². The van der Waals surface area contributed by atoms with Gasteiger partial charge in [-0.15, -0.1) is 0 Å². The largest absolute Gasteiger partial charge is 0.380 e. The first kappa shape index (κ1) is 12.8. The maximum Gasteiger partial charge on any atom is 0.0626 e. The third-order valence-corrected chi connectivity index (χ3v) is 4.20. The number of likely N-dealkylation sites (tertiary alicyclic amines) is 1. The fraction of sp³-hybridized carbons (Fsp3) is 0.562. The van der Waals surface area contributed by atoms with Crippen LogP contribution in [0, 0.1) is 5.41 Å². The topological polar surface area (TPSA) is 25.4 Å². The van der Waals surface area contributed by atoms with Crippen LogP contribution in [0.2, 0.25) is 0 Å². The molecule has 2 aliphatic heterocycles. The van der Waals surface area contributed by atoms with Gasteiger partial charge in [0.05, 0.1) is 18.9 Å². The molecule has 0 bridgehead atoms. The lowest BCUT2D eigenvalue weighted by molar-refractivity contribution is -0.191. The summed E-state index contributed by atoms with van der Waals surface area (Å²) in [5, 5.41) is 0. The Morgan fingerprint density at radius 1 is 1.47 bits per heavy atom. The van der Waals surface area contributed by atoms with Crippen molar-refractivity contribution < 1.29 is 4.74 Å². The molecule has 102 valence electrons. The van der Waals surface area contributed by atoms with Gasteiger partial charge in [-0.1, -0.05) is 20.4 Å². The molecule has 1 spiro atoms.